The summed E-state index contributed by atoms with van der Waals surface area (Å²) in [6.45, 7) is 2.99. The minimum atomic E-state index is 0.165. The predicted molar refractivity (Wildman–Crippen MR) is 88.8 cm³/mol. The minimum Gasteiger partial charge on any atom is -0.338 e. The molecule has 1 aliphatic rings. The maximum atomic E-state index is 12.7. The Bertz CT molecular complexity index is 611. The van der Waals surface area contributed by atoms with E-state index in [1.807, 2.05) is 29.1 Å². The molecule has 1 amide bonds. The van der Waals surface area contributed by atoms with Crippen molar-refractivity contribution in [2.24, 2.45) is 0 Å². The first-order valence-corrected chi connectivity index (χ1v) is 8.45. The van der Waals surface area contributed by atoms with Gasteiger partial charge in [0.15, 0.2) is 0 Å². The highest BCUT2D eigenvalue weighted by atomic mass is 16.2. The number of nitrogens with zero attached hydrogens (tertiary/aromatic N) is 4. The monoisotopic (exact) mass is 312 g/mol. The molecule has 2 aromatic rings. The van der Waals surface area contributed by atoms with Gasteiger partial charge in [0.1, 0.15) is 0 Å². The molecule has 5 nitrogen and oxygen atoms in total. The Hall–Kier alpha value is -2.17. The SMILES string of the molecule is CC(C1CCCCN1C(=O)CCc1ccccc1)n1ccnn1. The summed E-state index contributed by atoms with van der Waals surface area (Å²) in [5.74, 6) is 0.255. The third kappa shape index (κ3) is 3.78. The molecule has 0 saturated carbocycles. The molecule has 0 spiro atoms. The third-order valence-electron chi connectivity index (χ3n) is 4.76. The molecule has 1 aromatic heterocycles. The van der Waals surface area contributed by atoms with Crippen LogP contribution < -0.4 is 0 Å². The smallest absolute Gasteiger partial charge is 0.223 e. The molecule has 0 aliphatic carbocycles. The van der Waals surface area contributed by atoms with Crippen LogP contribution >= 0.6 is 0 Å². The van der Waals surface area contributed by atoms with Gasteiger partial charge in [-0.3, -0.25) is 4.79 Å². The van der Waals surface area contributed by atoms with E-state index in [2.05, 4.69) is 34.3 Å². The van der Waals surface area contributed by atoms with E-state index in [0.717, 1.165) is 25.8 Å². The first-order valence-electron chi connectivity index (χ1n) is 8.45. The van der Waals surface area contributed by atoms with Crippen molar-refractivity contribution >= 4 is 5.91 Å². The summed E-state index contributed by atoms with van der Waals surface area (Å²) in [6.07, 6.45) is 8.26. The number of piperidine rings is 1. The van der Waals surface area contributed by atoms with E-state index >= 15 is 0 Å². The van der Waals surface area contributed by atoms with Crippen molar-refractivity contribution < 1.29 is 4.79 Å². The van der Waals surface area contributed by atoms with Crippen LogP contribution in [-0.4, -0.2) is 38.4 Å². The number of benzene rings is 1. The molecule has 1 fully saturated rings. The van der Waals surface area contributed by atoms with Crippen molar-refractivity contribution in [2.45, 2.75) is 51.1 Å². The van der Waals surface area contributed by atoms with E-state index in [1.165, 1.54) is 12.0 Å². The maximum Gasteiger partial charge on any atom is 0.223 e. The number of carbonyl (C=O) groups is 1. The molecule has 0 bridgehead atoms. The number of amides is 1. The van der Waals surface area contributed by atoms with Gasteiger partial charge in [0, 0.05) is 19.2 Å². The molecule has 3 rings (SSSR count). The van der Waals surface area contributed by atoms with Gasteiger partial charge in [-0.05, 0) is 38.2 Å². The highest BCUT2D eigenvalue weighted by Gasteiger charge is 2.31. The maximum absolute atomic E-state index is 12.7. The molecule has 1 saturated heterocycles. The molecule has 1 aliphatic heterocycles. The normalized spacial score (nSPS) is 19.5. The van der Waals surface area contributed by atoms with Gasteiger partial charge < -0.3 is 4.90 Å². The Morgan fingerprint density at radius 3 is 2.87 bits per heavy atom. The molecular weight excluding hydrogens is 288 g/mol. The fourth-order valence-electron chi connectivity index (χ4n) is 3.42. The molecule has 2 heterocycles. The van der Waals surface area contributed by atoms with E-state index in [0.29, 0.717) is 6.42 Å². The fourth-order valence-corrected chi connectivity index (χ4v) is 3.42. The summed E-state index contributed by atoms with van der Waals surface area (Å²) in [5.41, 5.74) is 1.22. The molecule has 5 heteroatoms. The largest absolute Gasteiger partial charge is 0.338 e. The Kier molecular flexibility index (Phi) is 5.05. The van der Waals surface area contributed by atoms with E-state index in [9.17, 15) is 4.79 Å². The topological polar surface area (TPSA) is 51.0 Å². The second kappa shape index (κ2) is 7.40. The molecule has 0 N–H and O–H groups in total. The van der Waals surface area contributed by atoms with Crippen LogP contribution in [0.5, 0.6) is 0 Å². The van der Waals surface area contributed by atoms with Crippen LogP contribution in [0.25, 0.3) is 0 Å². The van der Waals surface area contributed by atoms with Crippen LogP contribution in [0.3, 0.4) is 0 Å². The number of carbonyl (C=O) groups excluding carboxylic acids is 1. The lowest BCUT2D eigenvalue weighted by molar-refractivity contribution is -0.136. The average molecular weight is 312 g/mol. The number of aromatic nitrogens is 3. The third-order valence-corrected chi connectivity index (χ3v) is 4.76. The summed E-state index contributed by atoms with van der Waals surface area (Å²) in [4.78, 5) is 14.8. The number of aryl methyl sites for hydroxylation is 1. The number of likely N-dealkylation sites (tertiary alicyclic amines) is 1. The van der Waals surface area contributed by atoms with Crippen LogP contribution in [0, 0.1) is 0 Å². The summed E-state index contributed by atoms with van der Waals surface area (Å²) in [5, 5.41) is 8.00. The van der Waals surface area contributed by atoms with Crippen molar-refractivity contribution in [3.63, 3.8) is 0 Å². The first kappa shape index (κ1) is 15.7. The zero-order valence-electron chi connectivity index (χ0n) is 13.6. The summed E-state index contributed by atoms with van der Waals surface area (Å²) >= 11 is 0. The molecule has 2 atom stereocenters. The van der Waals surface area contributed by atoms with E-state index < -0.39 is 0 Å². The lowest BCUT2D eigenvalue weighted by Gasteiger charge is -2.39. The van der Waals surface area contributed by atoms with E-state index in [4.69, 9.17) is 0 Å². The highest BCUT2D eigenvalue weighted by Crippen LogP contribution is 2.26. The second-order valence-corrected chi connectivity index (χ2v) is 6.26. The Labute approximate surface area is 137 Å². The van der Waals surface area contributed by atoms with Gasteiger partial charge >= 0.3 is 0 Å². The number of rotatable bonds is 5. The van der Waals surface area contributed by atoms with Crippen molar-refractivity contribution in [3.8, 4) is 0 Å². The first-order chi connectivity index (χ1) is 11.3. The second-order valence-electron chi connectivity index (χ2n) is 6.26. The quantitative estimate of drug-likeness (QED) is 0.853. The highest BCUT2D eigenvalue weighted by molar-refractivity contribution is 5.77. The van der Waals surface area contributed by atoms with E-state index in [1.54, 1.807) is 6.20 Å². The summed E-state index contributed by atoms with van der Waals surface area (Å²) in [6, 6.07) is 10.6. The number of hydrogen-bond donors (Lipinski definition) is 0. The summed E-state index contributed by atoms with van der Waals surface area (Å²) < 4.78 is 1.87. The number of hydrogen-bond acceptors (Lipinski definition) is 3. The molecule has 122 valence electrons. The lowest BCUT2D eigenvalue weighted by Crippen LogP contribution is -2.47. The van der Waals surface area contributed by atoms with Crippen molar-refractivity contribution in [1.82, 2.24) is 19.9 Å². The van der Waals surface area contributed by atoms with Gasteiger partial charge in [-0.25, -0.2) is 4.68 Å². The Balaban J connectivity index is 1.64. The zero-order valence-corrected chi connectivity index (χ0v) is 13.6. The van der Waals surface area contributed by atoms with Gasteiger partial charge in [0.05, 0.1) is 18.3 Å². The molecule has 0 radical (unpaired) electrons. The molecule has 2 unspecified atom stereocenters. The van der Waals surface area contributed by atoms with Crippen LogP contribution in [0.15, 0.2) is 42.7 Å². The lowest BCUT2D eigenvalue weighted by atomic mass is 9.95. The summed E-state index contributed by atoms with van der Waals surface area (Å²) in [7, 11) is 0. The van der Waals surface area contributed by atoms with Gasteiger partial charge in [-0.15, -0.1) is 5.10 Å². The average Bonchev–Trinajstić information content (AvgIpc) is 3.14. The zero-order chi connectivity index (χ0) is 16.1. The van der Waals surface area contributed by atoms with Gasteiger partial charge in [-0.2, -0.15) is 0 Å². The van der Waals surface area contributed by atoms with Crippen molar-refractivity contribution in [2.75, 3.05) is 6.54 Å². The Morgan fingerprint density at radius 1 is 1.30 bits per heavy atom. The van der Waals surface area contributed by atoms with Crippen LogP contribution in [0.4, 0.5) is 0 Å². The fraction of sp³-hybridized carbons (Fsp3) is 0.500. The van der Waals surface area contributed by atoms with E-state index in [-0.39, 0.29) is 18.0 Å². The molecular formula is C18H24N4O. The van der Waals surface area contributed by atoms with Crippen LogP contribution in [0.2, 0.25) is 0 Å². The predicted octanol–water partition coefficient (Wildman–Crippen LogP) is 2.85. The molecule has 23 heavy (non-hydrogen) atoms. The van der Waals surface area contributed by atoms with Crippen LogP contribution in [0.1, 0.15) is 44.2 Å². The van der Waals surface area contributed by atoms with Gasteiger partial charge in [0.25, 0.3) is 0 Å². The van der Waals surface area contributed by atoms with Gasteiger partial charge in [-0.1, -0.05) is 35.5 Å². The standard InChI is InChI=1S/C18H24N4O/c1-15(22-14-12-19-20-22)17-9-5-6-13-21(17)18(23)11-10-16-7-3-2-4-8-16/h2-4,7-8,12,14-15,17H,5-6,9-11,13H2,1H3. The van der Waals surface area contributed by atoms with Crippen LogP contribution in [-0.2, 0) is 11.2 Å². The molecule has 1 aromatic carbocycles. The Morgan fingerprint density at radius 2 is 2.13 bits per heavy atom. The van der Waals surface area contributed by atoms with Crippen molar-refractivity contribution in [1.29, 1.82) is 0 Å². The minimum absolute atomic E-state index is 0.165. The van der Waals surface area contributed by atoms with Gasteiger partial charge in [0.2, 0.25) is 5.91 Å². The van der Waals surface area contributed by atoms with Crippen molar-refractivity contribution in [3.05, 3.63) is 48.3 Å².